The lowest BCUT2D eigenvalue weighted by Gasteiger charge is -2.22. The Labute approximate surface area is 275 Å². The Morgan fingerprint density at radius 1 is 1.00 bits per heavy atom. The van der Waals surface area contributed by atoms with E-state index in [0.29, 0.717) is 31.1 Å². The molecule has 5 heterocycles. The molecule has 6 aromatic rings. The van der Waals surface area contributed by atoms with Gasteiger partial charge in [-0.05, 0) is 54.6 Å². The van der Waals surface area contributed by atoms with Crippen LogP contribution < -0.4 is 4.74 Å². The zero-order valence-electron chi connectivity index (χ0n) is 27.3. The van der Waals surface area contributed by atoms with Gasteiger partial charge in [0.15, 0.2) is 21.7 Å². The Morgan fingerprint density at radius 3 is 2.57 bits per heavy atom. The second-order valence-corrected chi connectivity index (χ2v) is 21.2. The molecule has 10 nitrogen and oxygen atoms in total. The average molecular weight is 672 g/mol. The number of pyridine rings is 1. The first-order valence-corrected chi connectivity index (χ1v) is 21.7. The van der Waals surface area contributed by atoms with Gasteiger partial charge >= 0.3 is 0 Å². The number of hydrogen-bond donors (Lipinski definition) is 0. The summed E-state index contributed by atoms with van der Waals surface area (Å²) >= 11 is 0. The quantitative estimate of drug-likeness (QED) is 0.105. The van der Waals surface area contributed by atoms with E-state index in [1.807, 2.05) is 80.9 Å². The van der Waals surface area contributed by atoms with Crippen molar-refractivity contribution in [2.75, 3.05) is 19.5 Å². The third-order valence-electron chi connectivity index (χ3n) is 8.73. The van der Waals surface area contributed by atoms with Crippen molar-refractivity contribution in [1.82, 2.24) is 24.0 Å². The van der Waals surface area contributed by atoms with Crippen molar-refractivity contribution in [2.24, 2.45) is 0 Å². The van der Waals surface area contributed by atoms with E-state index in [1.165, 1.54) is 6.26 Å². The molecule has 0 saturated carbocycles. The van der Waals surface area contributed by atoms with Gasteiger partial charge in [0.05, 0.1) is 33.7 Å². The van der Waals surface area contributed by atoms with Gasteiger partial charge in [0.25, 0.3) is 0 Å². The highest BCUT2D eigenvalue weighted by Gasteiger charge is 2.25. The Morgan fingerprint density at radius 2 is 1.83 bits per heavy atom. The van der Waals surface area contributed by atoms with E-state index in [-0.39, 0.29) is 17.9 Å². The lowest BCUT2D eigenvalue weighted by molar-refractivity contribution is -0.0370. The topological polar surface area (TPSA) is 102 Å². The predicted octanol–water partition coefficient (Wildman–Crippen LogP) is 7.30. The second-order valence-electron chi connectivity index (χ2n) is 13.6. The van der Waals surface area contributed by atoms with Gasteiger partial charge in [0.2, 0.25) is 0 Å². The number of hydrogen-bond acceptors (Lipinski definition) is 7. The largest absolute Gasteiger partial charge is 0.487 e. The molecule has 2 aromatic carbocycles. The monoisotopic (exact) mass is 671 g/mol. The summed E-state index contributed by atoms with van der Waals surface area (Å²) in [5.74, 6) is 0.643. The van der Waals surface area contributed by atoms with Crippen LogP contribution in [0.1, 0.15) is 31.1 Å². The number of aromatic nitrogens is 5. The molecule has 1 unspecified atom stereocenters. The third kappa shape index (κ3) is 6.47. The number of sulfone groups is 1. The van der Waals surface area contributed by atoms with E-state index >= 15 is 0 Å². The summed E-state index contributed by atoms with van der Waals surface area (Å²) in [6.45, 7) is 8.93. The number of fused-ring (bicyclic) bond motifs is 4. The fourth-order valence-electron chi connectivity index (χ4n) is 6.26. The van der Waals surface area contributed by atoms with E-state index < -0.39 is 17.9 Å². The van der Waals surface area contributed by atoms with Gasteiger partial charge < -0.3 is 18.8 Å². The average Bonchev–Trinajstić information content (AvgIpc) is 3.75. The van der Waals surface area contributed by atoms with Crippen LogP contribution in [-0.4, -0.2) is 59.9 Å². The maximum atomic E-state index is 13.1. The van der Waals surface area contributed by atoms with Crippen LogP contribution in [0.15, 0.2) is 78.1 Å². The van der Waals surface area contributed by atoms with Gasteiger partial charge in [-0.25, -0.2) is 17.6 Å². The summed E-state index contributed by atoms with van der Waals surface area (Å²) in [7, 11) is -4.81. The lowest BCUT2D eigenvalue weighted by Crippen LogP contribution is -2.22. The highest BCUT2D eigenvalue weighted by molar-refractivity contribution is 7.91. The van der Waals surface area contributed by atoms with Crippen LogP contribution in [0.25, 0.3) is 38.6 Å². The van der Waals surface area contributed by atoms with Crippen LogP contribution in [0, 0.1) is 0 Å². The third-order valence-corrected chi connectivity index (χ3v) is 11.6. The maximum absolute atomic E-state index is 13.1. The van der Waals surface area contributed by atoms with E-state index in [0.717, 1.165) is 63.9 Å². The normalized spacial score (nSPS) is 16.0. The molecule has 1 aliphatic rings. The molecule has 0 spiro atoms. The highest BCUT2D eigenvalue weighted by Crippen LogP contribution is 2.40. The van der Waals surface area contributed by atoms with Crippen LogP contribution in [-0.2, 0) is 32.6 Å². The number of nitrogens with zero attached hydrogens (tertiary/aromatic N) is 5. The van der Waals surface area contributed by atoms with Crippen LogP contribution in [0.2, 0.25) is 25.7 Å². The molecule has 0 radical (unpaired) electrons. The molecule has 0 bridgehead atoms. The van der Waals surface area contributed by atoms with Crippen LogP contribution in [0.3, 0.4) is 0 Å². The van der Waals surface area contributed by atoms with Gasteiger partial charge in [-0.2, -0.15) is 5.10 Å². The molecule has 12 heteroatoms. The molecule has 1 saturated heterocycles. The molecule has 47 heavy (non-hydrogen) atoms. The molecule has 0 aliphatic carbocycles. The van der Waals surface area contributed by atoms with Crippen molar-refractivity contribution < 1.29 is 22.6 Å². The Balaban J connectivity index is 1.38. The van der Waals surface area contributed by atoms with Crippen LogP contribution in [0.5, 0.6) is 5.75 Å². The molecule has 246 valence electrons. The standard InChI is InChI=1S/C35H41N5O5SSi/c1-46(41,42)31-14-13-27(28-15-16-38(34(28)31)24-43-18-19-47(2,3)4)29-20-26(45-23-25-10-6-5-7-11-25)22-39-33(29)30-21-36-40(35(30)37-39)32-12-8-9-17-44-32/h5-7,10-11,13-16,20-22,32H,8-9,12,17-19,23-24H2,1-4H3. The summed E-state index contributed by atoms with van der Waals surface area (Å²) in [5, 5.41) is 11.4. The van der Waals surface area contributed by atoms with E-state index in [1.54, 1.807) is 6.07 Å². The van der Waals surface area contributed by atoms with E-state index in [4.69, 9.17) is 24.4 Å². The first kappa shape index (κ1) is 31.6. The minimum atomic E-state index is -3.54. The first-order valence-electron chi connectivity index (χ1n) is 16.1. The Bertz CT molecular complexity index is 2160. The molecular formula is C35H41N5O5SSi. The van der Waals surface area contributed by atoms with Crippen LogP contribution in [0.4, 0.5) is 0 Å². The van der Waals surface area contributed by atoms with Gasteiger partial charge in [0.1, 0.15) is 19.1 Å². The first-order chi connectivity index (χ1) is 22.6. The molecule has 0 amide bonds. The van der Waals surface area contributed by atoms with E-state index in [9.17, 15) is 8.42 Å². The lowest BCUT2D eigenvalue weighted by atomic mass is 10.0. The van der Waals surface area contributed by atoms with Crippen molar-refractivity contribution in [1.29, 1.82) is 0 Å². The smallest absolute Gasteiger partial charge is 0.183 e. The van der Waals surface area contributed by atoms with Crippen molar-refractivity contribution >= 4 is 45.4 Å². The van der Waals surface area contributed by atoms with Gasteiger partial charge in [-0.1, -0.05) is 56.0 Å². The summed E-state index contributed by atoms with van der Waals surface area (Å²) < 4.78 is 50.3. The van der Waals surface area contributed by atoms with Gasteiger partial charge in [0, 0.05) is 44.7 Å². The number of ether oxygens (including phenoxy) is 3. The molecule has 4 aromatic heterocycles. The SMILES string of the molecule is C[Si](C)(C)CCOCn1ccc2c(-c3cc(OCc4ccccc4)cn4nc5c(cnn5C5CCCCO5)c34)ccc(S(C)(=O)=O)c21. The van der Waals surface area contributed by atoms with E-state index in [2.05, 4.69) is 19.6 Å². The summed E-state index contributed by atoms with van der Waals surface area (Å²) in [5.41, 5.74) is 5.00. The maximum Gasteiger partial charge on any atom is 0.183 e. The zero-order chi connectivity index (χ0) is 32.8. The van der Waals surface area contributed by atoms with Crippen molar-refractivity contribution in [3.8, 4) is 16.9 Å². The molecule has 7 rings (SSSR count). The fraction of sp³-hybridized carbons (Fsp3) is 0.371. The number of rotatable bonds is 11. The molecule has 1 atom stereocenters. The minimum Gasteiger partial charge on any atom is -0.487 e. The minimum absolute atomic E-state index is 0.167. The highest BCUT2D eigenvalue weighted by atomic mass is 32.2. The molecular weight excluding hydrogens is 631 g/mol. The van der Waals surface area contributed by atoms with Gasteiger partial charge in [-0.15, -0.1) is 5.10 Å². The number of benzene rings is 2. The van der Waals surface area contributed by atoms with Crippen LogP contribution >= 0.6 is 0 Å². The Hall–Kier alpha value is -3.97. The molecule has 0 N–H and O–H groups in total. The fourth-order valence-corrected chi connectivity index (χ4v) is 7.91. The Kier molecular flexibility index (Phi) is 8.45. The van der Waals surface area contributed by atoms with Crippen molar-refractivity contribution in [2.45, 2.75) is 69.4 Å². The van der Waals surface area contributed by atoms with Crippen molar-refractivity contribution in [3.05, 3.63) is 78.8 Å². The van der Waals surface area contributed by atoms with Crippen molar-refractivity contribution in [3.63, 3.8) is 0 Å². The molecule has 1 aliphatic heterocycles. The molecule has 1 fully saturated rings. The second kappa shape index (κ2) is 12.6. The zero-order valence-corrected chi connectivity index (χ0v) is 29.2. The summed E-state index contributed by atoms with van der Waals surface area (Å²) in [6, 6.07) is 18.6. The summed E-state index contributed by atoms with van der Waals surface area (Å²) in [4.78, 5) is 0.267. The predicted molar refractivity (Wildman–Crippen MR) is 186 cm³/mol. The van der Waals surface area contributed by atoms with Gasteiger partial charge in [-0.3, -0.25) is 0 Å². The summed E-state index contributed by atoms with van der Waals surface area (Å²) in [6.07, 6.45) is 9.74.